The molecule has 0 unspecified atom stereocenters. The van der Waals surface area contributed by atoms with Crippen LogP contribution in [0.3, 0.4) is 0 Å². The number of nitrogens with one attached hydrogen (secondary N) is 2. The molecule has 0 aromatic carbocycles. The first-order chi connectivity index (χ1) is 7.74. The predicted molar refractivity (Wildman–Crippen MR) is 68.2 cm³/mol. The standard InChI is InChI=1S/C11H15ClN2OS/c12-9-1-2-11(16-9)14-10(15)7-8-3-5-13-6-4-8/h1-2,8,13H,3-7H2,(H,14,15). The molecule has 0 saturated carbocycles. The maximum Gasteiger partial charge on any atom is 0.225 e. The third kappa shape index (κ3) is 3.47. The number of anilines is 1. The summed E-state index contributed by atoms with van der Waals surface area (Å²) in [5.41, 5.74) is 0. The Bertz CT molecular complexity index is 361. The molecule has 1 fully saturated rings. The summed E-state index contributed by atoms with van der Waals surface area (Å²) in [7, 11) is 0. The van der Waals surface area contributed by atoms with Crippen LogP contribution in [0.1, 0.15) is 19.3 Å². The van der Waals surface area contributed by atoms with Crippen LogP contribution in [-0.4, -0.2) is 19.0 Å². The van der Waals surface area contributed by atoms with Crippen molar-refractivity contribution in [1.82, 2.24) is 5.32 Å². The van der Waals surface area contributed by atoms with Crippen LogP contribution in [0.5, 0.6) is 0 Å². The van der Waals surface area contributed by atoms with Gasteiger partial charge in [-0.3, -0.25) is 4.79 Å². The van der Waals surface area contributed by atoms with Gasteiger partial charge in [0, 0.05) is 6.42 Å². The summed E-state index contributed by atoms with van der Waals surface area (Å²) < 4.78 is 0.706. The van der Waals surface area contributed by atoms with Gasteiger partial charge in [-0.05, 0) is 44.0 Å². The zero-order chi connectivity index (χ0) is 11.4. The minimum Gasteiger partial charge on any atom is -0.318 e. The van der Waals surface area contributed by atoms with Gasteiger partial charge in [0.15, 0.2) is 0 Å². The van der Waals surface area contributed by atoms with Crippen molar-refractivity contribution in [2.45, 2.75) is 19.3 Å². The van der Waals surface area contributed by atoms with Crippen LogP contribution >= 0.6 is 22.9 Å². The van der Waals surface area contributed by atoms with E-state index < -0.39 is 0 Å². The van der Waals surface area contributed by atoms with Crippen molar-refractivity contribution in [3.8, 4) is 0 Å². The number of amides is 1. The summed E-state index contributed by atoms with van der Waals surface area (Å²) in [6.07, 6.45) is 2.81. The summed E-state index contributed by atoms with van der Waals surface area (Å²) in [5, 5.41) is 7.02. The van der Waals surface area contributed by atoms with E-state index in [1.54, 1.807) is 6.07 Å². The fourth-order valence-corrected chi connectivity index (χ4v) is 2.88. The van der Waals surface area contributed by atoms with Gasteiger partial charge in [-0.25, -0.2) is 0 Å². The van der Waals surface area contributed by atoms with E-state index >= 15 is 0 Å². The van der Waals surface area contributed by atoms with Gasteiger partial charge in [-0.2, -0.15) is 0 Å². The van der Waals surface area contributed by atoms with Crippen molar-refractivity contribution in [3.63, 3.8) is 0 Å². The van der Waals surface area contributed by atoms with Gasteiger partial charge in [0.05, 0.1) is 9.34 Å². The first-order valence-corrected chi connectivity index (χ1v) is 6.69. The maximum absolute atomic E-state index is 11.7. The predicted octanol–water partition coefficient (Wildman–Crippen LogP) is 2.73. The Kier molecular flexibility index (Phi) is 4.21. The summed E-state index contributed by atoms with van der Waals surface area (Å²) in [5.74, 6) is 0.627. The molecule has 3 nitrogen and oxygen atoms in total. The van der Waals surface area contributed by atoms with Gasteiger partial charge in [0.2, 0.25) is 5.91 Å². The number of hydrogen-bond acceptors (Lipinski definition) is 3. The molecular formula is C11H15ClN2OS. The van der Waals surface area contributed by atoms with Gasteiger partial charge >= 0.3 is 0 Å². The molecule has 0 bridgehead atoms. The lowest BCUT2D eigenvalue weighted by Crippen LogP contribution is -2.29. The number of rotatable bonds is 3. The van der Waals surface area contributed by atoms with Crippen molar-refractivity contribution < 1.29 is 4.79 Å². The number of thiophene rings is 1. The lowest BCUT2D eigenvalue weighted by atomic mass is 9.94. The number of hydrogen-bond donors (Lipinski definition) is 2. The van der Waals surface area contributed by atoms with Crippen LogP contribution in [0.15, 0.2) is 12.1 Å². The van der Waals surface area contributed by atoms with Crippen molar-refractivity contribution in [3.05, 3.63) is 16.5 Å². The molecule has 2 heterocycles. The molecule has 2 N–H and O–H groups in total. The topological polar surface area (TPSA) is 41.1 Å². The van der Waals surface area contributed by atoms with E-state index in [1.165, 1.54) is 11.3 Å². The van der Waals surface area contributed by atoms with Crippen molar-refractivity contribution in [2.24, 2.45) is 5.92 Å². The smallest absolute Gasteiger partial charge is 0.225 e. The largest absolute Gasteiger partial charge is 0.318 e. The monoisotopic (exact) mass is 258 g/mol. The highest BCUT2D eigenvalue weighted by Crippen LogP contribution is 2.26. The van der Waals surface area contributed by atoms with E-state index in [2.05, 4.69) is 10.6 Å². The molecule has 16 heavy (non-hydrogen) atoms. The van der Waals surface area contributed by atoms with Crippen LogP contribution in [0.25, 0.3) is 0 Å². The first kappa shape index (κ1) is 11.9. The molecule has 5 heteroatoms. The maximum atomic E-state index is 11.7. The van der Waals surface area contributed by atoms with Crippen LogP contribution < -0.4 is 10.6 Å². The number of halogens is 1. The molecule has 1 aromatic rings. The van der Waals surface area contributed by atoms with E-state index in [1.807, 2.05) is 6.07 Å². The highest BCUT2D eigenvalue weighted by Gasteiger charge is 2.16. The zero-order valence-corrected chi connectivity index (χ0v) is 10.5. The molecule has 0 atom stereocenters. The van der Waals surface area contributed by atoms with Gasteiger partial charge in [-0.1, -0.05) is 11.6 Å². The molecular weight excluding hydrogens is 244 g/mol. The fourth-order valence-electron chi connectivity index (χ4n) is 1.92. The lowest BCUT2D eigenvalue weighted by molar-refractivity contribution is -0.117. The van der Waals surface area contributed by atoms with Gasteiger partial charge < -0.3 is 10.6 Å². The molecule has 1 saturated heterocycles. The van der Waals surface area contributed by atoms with Gasteiger partial charge in [-0.15, -0.1) is 11.3 Å². The van der Waals surface area contributed by atoms with Crippen molar-refractivity contribution in [1.29, 1.82) is 0 Å². The van der Waals surface area contributed by atoms with Gasteiger partial charge in [0.25, 0.3) is 0 Å². The Morgan fingerprint density at radius 3 is 2.88 bits per heavy atom. The Morgan fingerprint density at radius 2 is 2.25 bits per heavy atom. The van der Waals surface area contributed by atoms with E-state index in [4.69, 9.17) is 11.6 Å². The molecule has 88 valence electrons. The summed E-state index contributed by atoms with van der Waals surface area (Å²) in [4.78, 5) is 11.7. The second-order valence-corrected chi connectivity index (χ2v) is 5.76. The highest BCUT2D eigenvalue weighted by atomic mass is 35.5. The molecule has 1 aliphatic rings. The molecule has 1 aliphatic heterocycles. The number of carbonyl (C=O) groups is 1. The average molecular weight is 259 g/mol. The third-order valence-electron chi connectivity index (χ3n) is 2.77. The van der Waals surface area contributed by atoms with Crippen LogP contribution in [0.4, 0.5) is 5.00 Å². The van der Waals surface area contributed by atoms with Crippen LogP contribution in [0.2, 0.25) is 4.34 Å². The molecule has 1 amide bonds. The van der Waals surface area contributed by atoms with Crippen LogP contribution in [0, 0.1) is 5.92 Å². The minimum atomic E-state index is 0.102. The second kappa shape index (κ2) is 5.66. The molecule has 0 spiro atoms. The van der Waals surface area contributed by atoms with E-state index in [0.29, 0.717) is 16.7 Å². The lowest BCUT2D eigenvalue weighted by Gasteiger charge is -2.21. The summed E-state index contributed by atoms with van der Waals surface area (Å²) in [6, 6.07) is 3.64. The molecule has 1 aromatic heterocycles. The first-order valence-electron chi connectivity index (χ1n) is 5.50. The molecule has 0 aliphatic carbocycles. The normalized spacial score (nSPS) is 17.3. The average Bonchev–Trinajstić information content (AvgIpc) is 2.65. The number of carbonyl (C=O) groups excluding carboxylic acids is 1. The summed E-state index contributed by atoms with van der Waals surface area (Å²) in [6.45, 7) is 2.06. The molecule has 0 radical (unpaired) electrons. The fraction of sp³-hybridized carbons (Fsp3) is 0.545. The molecule has 2 rings (SSSR count). The van der Waals surface area contributed by atoms with Crippen molar-refractivity contribution in [2.75, 3.05) is 18.4 Å². The summed E-state index contributed by atoms with van der Waals surface area (Å²) >= 11 is 7.19. The minimum absolute atomic E-state index is 0.102. The Hall–Kier alpha value is -0.580. The quantitative estimate of drug-likeness (QED) is 0.875. The second-order valence-electron chi connectivity index (χ2n) is 4.05. The van der Waals surface area contributed by atoms with Crippen LogP contribution in [-0.2, 0) is 4.79 Å². The Balaban J connectivity index is 1.79. The van der Waals surface area contributed by atoms with E-state index in [-0.39, 0.29) is 5.91 Å². The Morgan fingerprint density at radius 1 is 1.50 bits per heavy atom. The SMILES string of the molecule is O=C(CC1CCNCC1)Nc1ccc(Cl)s1. The van der Waals surface area contributed by atoms with E-state index in [0.717, 1.165) is 30.9 Å². The van der Waals surface area contributed by atoms with Gasteiger partial charge in [0.1, 0.15) is 0 Å². The third-order valence-corrected chi connectivity index (χ3v) is 3.92. The Labute approximate surface area is 104 Å². The highest BCUT2D eigenvalue weighted by molar-refractivity contribution is 7.20. The number of piperidine rings is 1. The zero-order valence-electron chi connectivity index (χ0n) is 8.96. The van der Waals surface area contributed by atoms with E-state index in [9.17, 15) is 4.79 Å². The van der Waals surface area contributed by atoms with Crippen molar-refractivity contribution >= 4 is 33.8 Å².